The number of hydrogen-bond donors (Lipinski definition) is 1. The Balaban J connectivity index is 0.000000720. The van der Waals surface area contributed by atoms with Gasteiger partial charge in [-0.2, -0.15) is 0 Å². The van der Waals surface area contributed by atoms with E-state index < -0.39 is 0 Å². The molecule has 1 heterocycles. The van der Waals surface area contributed by atoms with E-state index in [1.807, 2.05) is 0 Å². The van der Waals surface area contributed by atoms with Crippen LogP contribution in [-0.2, 0) is 0 Å². The van der Waals surface area contributed by atoms with Crippen LogP contribution in [0.3, 0.4) is 0 Å². The molecule has 0 amide bonds. The Kier molecular flexibility index (Phi) is 4.33. The Morgan fingerprint density at radius 3 is 2.50 bits per heavy atom. The van der Waals surface area contributed by atoms with Crippen molar-refractivity contribution in [2.75, 3.05) is 26.2 Å². The molecule has 2 aliphatic rings. The molecule has 72 valence electrons. The summed E-state index contributed by atoms with van der Waals surface area (Å²) in [4.78, 5) is 2.67. The summed E-state index contributed by atoms with van der Waals surface area (Å²) in [6.07, 6.45) is 5.73. The lowest BCUT2D eigenvalue weighted by Crippen LogP contribution is -2.41. The molecule has 0 aromatic rings. The fourth-order valence-corrected chi connectivity index (χ4v) is 1.98. The number of rotatable bonds is 1. The van der Waals surface area contributed by atoms with Crippen LogP contribution < -0.4 is 5.32 Å². The predicted molar refractivity (Wildman–Crippen MR) is 53.9 cm³/mol. The van der Waals surface area contributed by atoms with E-state index in [0.717, 1.165) is 6.04 Å². The molecule has 2 nitrogen and oxygen atoms in total. The molecule has 0 spiro atoms. The largest absolute Gasteiger partial charge is 0.315 e. The summed E-state index contributed by atoms with van der Waals surface area (Å²) >= 11 is 0. The first-order chi connectivity index (χ1) is 5.47. The SMILES string of the molecule is C1CC(N2CCCNCC2)C1.Cl. The van der Waals surface area contributed by atoms with Gasteiger partial charge >= 0.3 is 0 Å². The third-order valence-electron chi connectivity index (χ3n) is 2.97. The van der Waals surface area contributed by atoms with Gasteiger partial charge in [0.2, 0.25) is 0 Å². The van der Waals surface area contributed by atoms with Crippen molar-refractivity contribution in [2.45, 2.75) is 31.7 Å². The molecule has 12 heavy (non-hydrogen) atoms. The summed E-state index contributed by atoms with van der Waals surface area (Å²) in [6, 6.07) is 0.954. The van der Waals surface area contributed by atoms with E-state index in [4.69, 9.17) is 0 Å². The first-order valence-corrected chi connectivity index (χ1v) is 4.91. The first-order valence-electron chi connectivity index (χ1n) is 4.91. The molecule has 0 aromatic carbocycles. The second-order valence-corrected chi connectivity index (χ2v) is 3.72. The molecule has 2 fully saturated rings. The van der Waals surface area contributed by atoms with Gasteiger partial charge in [-0.25, -0.2) is 0 Å². The lowest BCUT2D eigenvalue weighted by molar-refractivity contribution is 0.136. The van der Waals surface area contributed by atoms with Crippen molar-refractivity contribution in [1.82, 2.24) is 10.2 Å². The summed E-state index contributed by atoms with van der Waals surface area (Å²) in [5.74, 6) is 0. The topological polar surface area (TPSA) is 15.3 Å². The third-order valence-corrected chi connectivity index (χ3v) is 2.97. The predicted octanol–water partition coefficient (Wildman–Crippen LogP) is 1.26. The van der Waals surface area contributed by atoms with Gasteiger partial charge < -0.3 is 5.32 Å². The maximum absolute atomic E-state index is 3.44. The molecule has 0 atom stereocenters. The highest BCUT2D eigenvalue weighted by atomic mass is 35.5. The van der Waals surface area contributed by atoms with Gasteiger partial charge in [0.25, 0.3) is 0 Å². The molecule has 0 aromatic heterocycles. The summed E-state index contributed by atoms with van der Waals surface area (Å²) < 4.78 is 0. The van der Waals surface area contributed by atoms with E-state index in [9.17, 15) is 0 Å². The highest BCUT2D eigenvalue weighted by Gasteiger charge is 2.24. The van der Waals surface area contributed by atoms with Gasteiger partial charge in [0.15, 0.2) is 0 Å². The Morgan fingerprint density at radius 2 is 1.83 bits per heavy atom. The highest BCUT2D eigenvalue weighted by Crippen LogP contribution is 2.24. The third kappa shape index (κ3) is 2.35. The molecule has 0 radical (unpaired) electrons. The molecule has 1 saturated carbocycles. The maximum atomic E-state index is 3.44. The summed E-state index contributed by atoms with van der Waals surface area (Å²) in [7, 11) is 0. The number of hydrogen-bond acceptors (Lipinski definition) is 2. The maximum Gasteiger partial charge on any atom is 0.0110 e. The fourth-order valence-electron chi connectivity index (χ4n) is 1.98. The molecule has 1 N–H and O–H groups in total. The number of halogens is 1. The van der Waals surface area contributed by atoms with Gasteiger partial charge in [-0.15, -0.1) is 12.4 Å². The Labute approximate surface area is 81.1 Å². The van der Waals surface area contributed by atoms with Crippen LogP contribution in [0.1, 0.15) is 25.7 Å². The van der Waals surface area contributed by atoms with E-state index in [1.165, 1.54) is 51.9 Å². The molecule has 2 rings (SSSR count). The molecule has 1 saturated heterocycles. The van der Waals surface area contributed by atoms with Crippen molar-refractivity contribution in [3.63, 3.8) is 0 Å². The molecular weight excluding hydrogens is 172 g/mol. The van der Waals surface area contributed by atoms with Gasteiger partial charge in [-0.1, -0.05) is 6.42 Å². The quantitative estimate of drug-likeness (QED) is 0.670. The average molecular weight is 191 g/mol. The standard InChI is InChI=1S/C9H18N2.ClH/c1-3-9(4-1)11-7-2-5-10-6-8-11;/h9-10H,1-8H2;1H. The number of nitrogens with zero attached hydrogens (tertiary/aromatic N) is 1. The van der Waals surface area contributed by atoms with E-state index in [-0.39, 0.29) is 12.4 Å². The molecule has 1 aliphatic carbocycles. The smallest absolute Gasteiger partial charge is 0.0110 e. The Morgan fingerprint density at radius 1 is 1.00 bits per heavy atom. The summed E-state index contributed by atoms with van der Waals surface area (Å²) in [5.41, 5.74) is 0. The molecular formula is C9H19ClN2. The summed E-state index contributed by atoms with van der Waals surface area (Å²) in [6.45, 7) is 5.04. The van der Waals surface area contributed by atoms with Crippen LogP contribution in [-0.4, -0.2) is 37.1 Å². The second kappa shape index (κ2) is 5.05. The van der Waals surface area contributed by atoms with Crippen LogP contribution in [0.5, 0.6) is 0 Å². The zero-order chi connectivity index (χ0) is 7.52. The van der Waals surface area contributed by atoms with Crippen molar-refractivity contribution in [3.8, 4) is 0 Å². The van der Waals surface area contributed by atoms with Gasteiger partial charge in [0.1, 0.15) is 0 Å². The van der Waals surface area contributed by atoms with Gasteiger partial charge in [0, 0.05) is 19.1 Å². The highest BCUT2D eigenvalue weighted by molar-refractivity contribution is 5.85. The van der Waals surface area contributed by atoms with Crippen molar-refractivity contribution < 1.29 is 0 Å². The van der Waals surface area contributed by atoms with Crippen LogP contribution in [0.25, 0.3) is 0 Å². The first kappa shape index (κ1) is 10.3. The minimum atomic E-state index is 0. The van der Waals surface area contributed by atoms with Gasteiger partial charge in [0.05, 0.1) is 0 Å². The Hall–Kier alpha value is 0.210. The van der Waals surface area contributed by atoms with Crippen molar-refractivity contribution in [1.29, 1.82) is 0 Å². The van der Waals surface area contributed by atoms with Crippen molar-refractivity contribution >= 4 is 12.4 Å². The van der Waals surface area contributed by atoms with E-state index >= 15 is 0 Å². The van der Waals surface area contributed by atoms with E-state index in [0.29, 0.717) is 0 Å². The lowest BCUT2D eigenvalue weighted by atomic mass is 9.91. The van der Waals surface area contributed by atoms with E-state index in [1.54, 1.807) is 0 Å². The number of nitrogens with one attached hydrogen (secondary N) is 1. The van der Waals surface area contributed by atoms with Gasteiger partial charge in [-0.05, 0) is 32.4 Å². The molecule has 3 heteroatoms. The summed E-state index contributed by atoms with van der Waals surface area (Å²) in [5, 5.41) is 3.44. The van der Waals surface area contributed by atoms with Gasteiger partial charge in [-0.3, -0.25) is 4.90 Å². The normalized spacial score (nSPS) is 27.0. The average Bonchev–Trinajstić information content (AvgIpc) is 2.12. The second-order valence-electron chi connectivity index (χ2n) is 3.72. The minimum absolute atomic E-state index is 0. The van der Waals surface area contributed by atoms with Crippen LogP contribution in [0.15, 0.2) is 0 Å². The van der Waals surface area contributed by atoms with Crippen molar-refractivity contribution in [3.05, 3.63) is 0 Å². The fraction of sp³-hybridized carbons (Fsp3) is 1.00. The Bertz CT molecular complexity index is 118. The zero-order valence-electron chi connectivity index (χ0n) is 7.59. The van der Waals surface area contributed by atoms with Crippen molar-refractivity contribution in [2.24, 2.45) is 0 Å². The van der Waals surface area contributed by atoms with E-state index in [2.05, 4.69) is 10.2 Å². The monoisotopic (exact) mass is 190 g/mol. The zero-order valence-corrected chi connectivity index (χ0v) is 8.41. The lowest BCUT2D eigenvalue weighted by Gasteiger charge is -2.36. The minimum Gasteiger partial charge on any atom is -0.315 e. The van der Waals surface area contributed by atoms with Crippen LogP contribution in [0.4, 0.5) is 0 Å². The molecule has 0 unspecified atom stereocenters. The molecule has 1 aliphatic heterocycles. The van der Waals surface area contributed by atoms with Crippen LogP contribution in [0.2, 0.25) is 0 Å². The van der Waals surface area contributed by atoms with Crippen LogP contribution in [0, 0.1) is 0 Å². The van der Waals surface area contributed by atoms with Crippen LogP contribution >= 0.6 is 12.4 Å². The molecule has 0 bridgehead atoms.